The molecule has 2 rings (SSSR count). The lowest BCUT2D eigenvalue weighted by Gasteiger charge is -2.20. The number of nitrogens with two attached hydrogens (primary N) is 1. The highest BCUT2D eigenvalue weighted by atomic mass is 16.2. The lowest BCUT2D eigenvalue weighted by molar-refractivity contribution is -0.119. The molecule has 2 N–H and O–H groups in total. The molecular formula is C15H17N3O. The van der Waals surface area contributed by atoms with Crippen molar-refractivity contribution in [1.29, 1.82) is 0 Å². The molecule has 0 bridgehead atoms. The molecule has 98 valence electrons. The minimum atomic E-state index is -0.561. The zero-order valence-corrected chi connectivity index (χ0v) is 10.9. The lowest BCUT2D eigenvalue weighted by Crippen LogP contribution is -2.43. The summed E-state index contributed by atoms with van der Waals surface area (Å²) in [6.07, 6.45) is 2.18. The summed E-state index contributed by atoms with van der Waals surface area (Å²) in [7, 11) is 1.69. The average Bonchev–Trinajstić information content (AvgIpc) is 2.47. The van der Waals surface area contributed by atoms with Crippen LogP contribution in [0.2, 0.25) is 0 Å². The molecule has 0 fully saturated rings. The van der Waals surface area contributed by atoms with Crippen molar-refractivity contribution in [3.05, 3.63) is 60.3 Å². The summed E-state index contributed by atoms with van der Waals surface area (Å²) in [5.74, 6) is 0.471. The third-order valence-corrected chi connectivity index (χ3v) is 2.94. The van der Waals surface area contributed by atoms with E-state index in [1.165, 1.54) is 4.90 Å². The molecule has 0 spiro atoms. The Bertz CT molecular complexity index is 528. The van der Waals surface area contributed by atoms with Gasteiger partial charge in [0.05, 0.1) is 6.04 Å². The molecule has 1 aromatic carbocycles. The van der Waals surface area contributed by atoms with Gasteiger partial charge in [0, 0.05) is 13.2 Å². The summed E-state index contributed by atoms with van der Waals surface area (Å²) in [5, 5.41) is 0. The quantitative estimate of drug-likeness (QED) is 0.903. The molecule has 0 aliphatic rings. The van der Waals surface area contributed by atoms with Gasteiger partial charge in [0.1, 0.15) is 5.82 Å². The fourth-order valence-electron chi connectivity index (χ4n) is 1.87. The number of hydrogen-bond donors (Lipinski definition) is 1. The van der Waals surface area contributed by atoms with E-state index in [0.717, 1.165) is 5.56 Å². The van der Waals surface area contributed by atoms with Gasteiger partial charge in [0.2, 0.25) is 5.91 Å². The van der Waals surface area contributed by atoms with Crippen LogP contribution in [-0.2, 0) is 11.2 Å². The van der Waals surface area contributed by atoms with Crippen molar-refractivity contribution in [2.75, 3.05) is 11.9 Å². The molecule has 1 aromatic heterocycles. The highest BCUT2D eigenvalue weighted by molar-refractivity contribution is 5.95. The number of amides is 1. The first-order valence-corrected chi connectivity index (χ1v) is 6.16. The fraction of sp³-hybridized carbons (Fsp3) is 0.200. The Balaban J connectivity index is 2.03. The molecule has 0 saturated heterocycles. The van der Waals surface area contributed by atoms with E-state index in [1.54, 1.807) is 19.3 Å². The number of carbonyl (C=O) groups excluding carboxylic acids is 1. The predicted octanol–water partition coefficient (Wildman–Crippen LogP) is 1.61. The third kappa shape index (κ3) is 3.39. The third-order valence-electron chi connectivity index (χ3n) is 2.94. The Morgan fingerprint density at radius 3 is 2.53 bits per heavy atom. The second-order valence-electron chi connectivity index (χ2n) is 4.38. The first kappa shape index (κ1) is 13.2. The van der Waals surface area contributed by atoms with Gasteiger partial charge in [0.25, 0.3) is 0 Å². The van der Waals surface area contributed by atoms with Crippen molar-refractivity contribution in [3.8, 4) is 0 Å². The van der Waals surface area contributed by atoms with Gasteiger partial charge in [-0.2, -0.15) is 0 Å². The molecule has 2 aromatic rings. The summed E-state index contributed by atoms with van der Waals surface area (Å²) >= 11 is 0. The number of anilines is 1. The second-order valence-corrected chi connectivity index (χ2v) is 4.38. The van der Waals surface area contributed by atoms with E-state index in [-0.39, 0.29) is 5.91 Å². The van der Waals surface area contributed by atoms with Crippen LogP contribution in [-0.4, -0.2) is 24.0 Å². The minimum Gasteiger partial charge on any atom is -0.320 e. The molecule has 0 saturated carbocycles. The van der Waals surface area contributed by atoms with Crippen molar-refractivity contribution in [1.82, 2.24) is 4.98 Å². The number of carbonyl (C=O) groups is 1. The van der Waals surface area contributed by atoms with Crippen molar-refractivity contribution in [3.63, 3.8) is 0 Å². The first-order valence-electron chi connectivity index (χ1n) is 6.16. The Morgan fingerprint density at radius 2 is 1.89 bits per heavy atom. The van der Waals surface area contributed by atoms with Crippen molar-refractivity contribution in [2.24, 2.45) is 5.73 Å². The molecule has 4 nitrogen and oxygen atoms in total. The number of rotatable bonds is 4. The number of pyridine rings is 1. The summed E-state index contributed by atoms with van der Waals surface area (Å²) in [4.78, 5) is 17.8. The van der Waals surface area contributed by atoms with Gasteiger partial charge in [-0.15, -0.1) is 0 Å². The van der Waals surface area contributed by atoms with Crippen LogP contribution in [0.25, 0.3) is 0 Å². The molecular weight excluding hydrogens is 238 g/mol. The van der Waals surface area contributed by atoms with Crippen LogP contribution in [0.1, 0.15) is 5.56 Å². The predicted molar refractivity (Wildman–Crippen MR) is 75.8 cm³/mol. The summed E-state index contributed by atoms with van der Waals surface area (Å²) in [6.45, 7) is 0. The van der Waals surface area contributed by atoms with Gasteiger partial charge >= 0.3 is 0 Å². The van der Waals surface area contributed by atoms with Crippen LogP contribution in [0, 0.1) is 0 Å². The number of aromatic nitrogens is 1. The number of likely N-dealkylation sites (N-methyl/N-ethyl adjacent to an activating group) is 1. The highest BCUT2D eigenvalue weighted by Gasteiger charge is 2.19. The van der Waals surface area contributed by atoms with Gasteiger partial charge in [0.15, 0.2) is 0 Å². The van der Waals surface area contributed by atoms with Crippen LogP contribution < -0.4 is 10.6 Å². The Hall–Kier alpha value is -2.20. The van der Waals surface area contributed by atoms with Gasteiger partial charge in [-0.1, -0.05) is 36.4 Å². The van der Waals surface area contributed by atoms with E-state index in [9.17, 15) is 4.79 Å². The molecule has 0 aliphatic carbocycles. The number of hydrogen-bond acceptors (Lipinski definition) is 3. The zero-order valence-electron chi connectivity index (χ0n) is 10.9. The summed E-state index contributed by atoms with van der Waals surface area (Å²) in [6, 6.07) is 14.6. The van der Waals surface area contributed by atoms with E-state index >= 15 is 0 Å². The molecule has 1 atom stereocenters. The average molecular weight is 255 g/mol. The van der Waals surface area contributed by atoms with Crippen molar-refractivity contribution < 1.29 is 4.79 Å². The van der Waals surface area contributed by atoms with Crippen LogP contribution in [0.15, 0.2) is 54.7 Å². The van der Waals surface area contributed by atoms with E-state index in [0.29, 0.717) is 12.2 Å². The summed E-state index contributed by atoms with van der Waals surface area (Å²) in [5.41, 5.74) is 7.02. The highest BCUT2D eigenvalue weighted by Crippen LogP contribution is 2.10. The zero-order chi connectivity index (χ0) is 13.7. The van der Waals surface area contributed by atoms with E-state index < -0.39 is 6.04 Å². The molecule has 4 heteroatoms. The molecule has 19 heavy (non-hydrogen) atoms. The second kappa shape index (κ2) is 6.11. The largest absolute Gasteiger partial charge is 0.320 e. The Morgan fingerprint density at radius 1 is 1.21 bits per heavy atom. The van der Waals surface area contributed by atoms with Gasteiger partial charge in [-0.05, 0) is 24.1 Å². The first-order chi connectivity index (χ1) is 9.18. The van der Waals surface area contributed by atoms with Crippen molar-refractivity contribution >= 4 is 11.7 Å². The summed E-state index contributed by atoms with van der Waals surface area (Å²) < 4.78 is 0. The topological polar surface area (TPSA) is 59.2 Å². The van der Waals surface area contributed by atoms with Crippen molar-refractivity contribution in [2.45, 2.75) is 12.5 Å². The minimum absolute atomic E-state index is 0.137. The number of benzene rings is 1. The van der Waals surface area contributed by atoms with E-state index in [4.69, 9.17) is 5.73 Å². The van der Waals surface area contributed by atoms with E-state index in [2.05, 4.69) is 4.98 Å². The van der Waals surface area contributed by atoms with Crippen LogP contribution in [0.5, 0.6) is 0 Å². The molecule has 1 amide bonds. The Kier molecular flexibility index (Phi) is 4.26. The normalized spacial score (nSPS) is 11.9. The maximum absolute atomic E-state index is 12.2. The van der Waals surface area contributed by atoms with Gasteiger partial charge in [-0.25, -0.2) is 4.98 Å². The lowest BCUT2D eigenvalue weighted by atomic mass is 10.1. The Labute approximate surface area is 112 Å². The monoisotopic (exact) mass is 255 g/mol. The van der Waals surface area contributed by atoms with Crippen LogP contribution >= 0.6 is 0 Å². The maximum Gasteiger partial charge on any atom is 0.245 e. The maximum atomic E-state index is 12.2. The molecule has 0 radical (unpaired) electrons. The van der Waals surface area contributed by atoms with Gasteiger partial charge < -0.3 is 5.73 Å². The number of nitrogens with zero attached hydrogens (tertiary/aromatic N) is 2. The van der Waals surface area contributed by atoms with Crippen LogP contribution in [0.4, 0.5) is 5.82 Å². The fourth-order valence-corrected chi connectivity index (χ4v) is 1.87. The molecule has 0 unspecified atom stereocenters. The molecule has 1 heterocycles. The standard InChI is InChI=1S/C15H17N3O/c1-18(14-9-5-6-10-17-14)15(19)13(16)11-12-7-3-2-4-8-12/h2-10,13H,11,16H2,1H3/t13-/m0/s1. The van der Waals surface area contributed by atoms with E-state index in [1.807, 2.05) is 42.5 Å². The van der Waals surface area contributed by atoms with Crippen LogP contribution in [0.3, 0.4) is 0 Å². The van der Waals surface area contributed by atoms with Gasteiger partial charge in [-0.3, -0.25) is 9.69 Å². The molecule has 0 aliphatic heterocycles. The SMILES string of the molecule is CN(C(=O)[C@@H](N)Cc1ccccc1)c1ccccn1. The smallest absolute Gasteiger partial charge is 0.245 e.